The second kappa shape index (κ2) is 8.97. The van der Waals surface area contributed by atoms with E-state index in [4.69, 9.17) is 4.74 Å². The minimum absolute atomic E-state index is 0.0424. The van der Waals surface area contributed by atoms with Gasteiger partial charge in [0, 0.05) is 18.2 Å². The zero-order valence-corrected chi connectivity index (χ0v) is 17.5. The fourth-order valence-corrected chi connectivity index (χ4v) is 4.25. The number of carbonyl (C=O) groups is 1. The van der Waals surface area contributed by atoms with Crippen LogP contribution in [-0.4, -0.2) is 27.7 Å². The Morgan fingerprint density at radius 2 is 1.53 bits per heavy atom. The number of nitrogens with zero attached hydrogens (tertiary/aromatic N) is 3. The lowest BCUT2D eigenvalue weighted by Crippen LogP contribution is -2.11. The van der Waals surface area contributed by atoms with Gasteiger partial charge < -0.3 is 9.30 Å². The van der Waals surface area contributed by atoms with Gasteiger partial charge >= 0.3 is 0 Å². The van der Waals surface area contributed by atoms with E-state index in [1.807, 2.05) is 96.5 Å². The molecule has 1 heterocycles. The summed E-state index contributed by atoms with van der Waals surface area (Å²) in [5.41, 5.74) is 2.55. The maximum Gasteiger partial charge on any atom is 0.192 e. The third kappa shape index (κ3) is 4.14. The lowest BCUT2D eigenvalue weighted by atomic mass is 10.0. The number of hydrogen-bond donors (Lipinski definition) is 0. The summed E-state index contributed by atoms with van der Waals surface area (Å²) in [4.78, 5) is 13.3. The molecule has 0 unspecified atom stereocenters. The molecule has 4 rings (SSSR count). The molecule has 4 aromatic rings. The van der Waals surface area contributed by atoms with Crippen molar-refractivity contribution in [1.82, 2.24) is 14.8 Å². The van der Waals surface area contributed by atoms with Crippen LogP contribution in [0, 0.1) is 0 Å². The number of ether oxygens (including phenoxy) is 1. The molecule has 3 aromatic carbocycles. The van der Waals surface area contributed by atoms with Crippen molar-refractivity contribution in [2.24, 2.45) is 7.05 Å². The van der Waals surface area contributed by atoms with Crippen molar-refractivity contribution >= 4 is 17.5 Å². The lowest BCUT2D eigenvalue weighted by Gasteiger charge is -2.16. The summed E-state index contributed by atoms with van der Waals surface area (Å²) in [6.07, 6.45) is 0. The van der Waals surface area contributed by atoms with E-state index in [9.17, 15) is 4.79 Å². The van der Waals surface area contributed by atoms with Crippen LogP contribution in [0.3, 0.4) is 0 Å². The summed E-state index contributed by atoms with van der Waals surface area (Å²) in [7, 11) is 3.55. The van der Waals surface area contributed by atoms with E-state index in [-0.39, 0.29) is 5.78 Å². The maximum atomic E-state index is 13.3. The molecule has 0 fully saturated rings. The van der Waals surface area contributed by atoms with Crippen LogP contribution in [0.1, 0.15) is 21.2 Å². The largest absolute Gasteiger partial charge is 0.497 e. The molecule has 150 valence electrons. The Morgan fingerprint density at radius 3 is 2.17 bits per heavy atom. The van der Waals surface area contributed by atoms with E-state index in [0.717, 1.165) is 22.7 Å². The quantitative estimate of drug-likeness (QED) is 0.306. The molecule has 0 aliphatic rings. The molecule has 0 saturated heterocycles. The van der Waals surface area contributed by atoms with E-state index in [0.29, 0.717) is 10.7 Å². The molecule has 1 aromatic heterocycles. The highest BCUT2D eigenvalue weighted by Crippen LogP contribution is 2.37. The highest BCUT2D eigenvalue weighted by Gasteiger charge is 2.26. The van der Waals surface area contributed by atoms with Crippen LogP contribution in [0.25, 0.3) is 11.4 Å². The number of hydrogen-bond acceptors (Lipinski definition) is 5. The van der Waals surface area contributed by atoms with Gasteiger partial charge in [0.05, 0.1) is 7.11 Å². The molecule has 0 radical (unpaired) electrons. The molecule has 0 aliphatic heterocycles. The zero-order valence-electron chi connectivity index (χ0n) is 16.7. The summed E-state index contributed by atoms with van der Waals surface area (Å²) < 4.78 is 7.14. The molecule has 0 spiro atoms. The van der Waals surface area contributed by atoms with E-state index in [1.54, 1.807) is 7.11 Å². The first-order valence-electron chi connectivity index (χ1n) is 9.52. The Balaban J connectivity index is 1.67. The second-order valence-corrected chi connectivity index (χ2v) is 7.80. The van der Waals surface area contributed by atoms with E-state index in [2.05, 4.69) is 10.2 Å². The smallest absolute Gasteiger partial charge is 0.192 e. The predicted octanol–water partition coefficient (Wildman–Crippen LogP) is 5.21. The van der Waals surface area contributed by atoms with Crippen molar-refractivity contribution < 1.29 is 9.53 Å². The van der Waals surface area contributed by atoms with Crippen LogP contribution in [0.15, 0.2) is 90.1 Å². The van der Waals surface area contributed by atoms with Gasteiger partial charge in [-0.15, -0.1) is 10.2 Å². The van der Waals surface area contributed by atoms with Crippen LogP contribution in [0.4, 0.5) is 0 Å². The van der Waals surface area contributed by atoms with Gasteiger partial charge in [-0.25, -0.2) is 0 Å². The number of Topliss-reactive ketones (excluding diaryl/α,β-unsaturated/α-hetero) is 1. The Kier molecular flexibility index (Phi) is 5.95. The highest BCUT2D eigenvalue weighted by atomic mass is 32.2. The molecule has 5 nitrogen and oxygen atoms in total. The number of thioether (sulfide) groups is 1. The average Bonchev–Trinajstić information content (AvgIpc) is 3.18. The molecular formula is C24H21N3O2S. The SMILES string of the molecule is COc1ccc(-c2nnc(S[C@H](C(=O)c3ccccc3)c3ccccc3)n2C)cc1. The van der Waals surface area contributed by atoms with Gasteiger partial charge in [0.1, 0.15) is 11.0 Å². The summed E-state index contributed by atoms with van der Waals surface area (Å²) >= 11 is 1.41. The number of methoxy groups -OCH3 is 1. The lowest BCUT2D eigenvalue weighted by molar-refractivity contribution is 0.0989. The molecule has 0 aliphatic carbocycles. The van der Waals surface area contributed by atoms with Gasteiger partial charge in [0.25, 0.3) is 0 Å². The van der Waals surface area contributed by atoms with Crippen LogP contribution in [0.2, 0.25) is 0 Å². The van der Waals surface area contributed by atoms with Crippen LogP contribution in [0.5, 0.6) is 5.75 Å². The van der Waals surface area contributed by atoms with E-state index >= 15 is 0 Å². The van der Waals surface area contributed by atoms with E-state index < -0.39 is 5.25 Å². The van der Waals surface area contributed by atoms with Crippen molar-refractivity contribution in [2.45, 2.75) is 10.4 Å². The normalized spacial score (nSPS) is 11.8. The zero-order chi connectivity index (χ0) is 20.9. The molecular weight excluding hydrogens is 394 g/mol. The molecule has 0 amide bonds. The third-order valence-corrected chi connectivity index (χ3v) is 6.09. The number of rotatable bonds is 7. The average molecular weight is 416 g/mol. The van der Waals surface area contributed by atoms with Gasteiger partial charge in [0.15, 0.2) is 16.8 Å². The van der Waals surface area contributed by atoms with Crippen LogP contribution in [-0.2, 0) is 7.05 Å². The second-order valence-electron chi connectivity index (χ2n) is 6.73. The Bertz CT molecular complexity index is 1130. The highest BCUT2D eigenvalue weighted by molar-refractivity contribution is 8.00. The van der Waals surface area contributed by atoms with Gasteiger partial charge in [-0.3, -0.25) is 4.79 Å². The standard InChI is InChI=1S/C24H21N3O2S/c1-27-23(19-13-15-20(29-2)16-14-19)25-26-24(27)30-22(18-11-7-4-8-12-18)21(28)17-9-5-3-6-10-17/h3-16,22H,1-2H3/t22-/m0/s1. The minimum Gasteiger partial charge on any atom is -0.497 e. The Morgan fingerprint density at radius 1 is 0.900 bits per heavy atom. The van der Waals surface area contributed by atoms with Crippen molar-refractivity contribution in [1.29, 1.82) is 0 Å². The van der Waals surface area contributed by atoms with Gasteiger partial charge in [-0.05, 0) is 29.8 Å². The number of carbonyl (C=O) groups excluding carboxylic acids is 1. The van der Waals surface area contributed by atoms with Crippen molar-refractivity contribution in [3.05, 3.63) is 96.1 Å². The first-order chi connectivity index (χ1) is 14.7. The molecule has 30 heavy (non-hydrogen) atoms. The van der Waals surface area contributed by atoms with E-state index in [1.165, 1.54) is 11.8 Å². The molecule has 0 N–H and O–H groups in total. The minimum atomic E-state index is -0.416. The fraction of sp³-hybridized carbons (Fsp3) is 0.125. The molecule has 1 atom stereocenters. The fourth-order valence-electron chi connectivity index (χ4n) is 3.17. The molecule has 0 bridgehead atoms. The first-order valence-corrected chi connectivity index (χ1v) is 10.4. The Hall–Kier alpha value is -3.38. The summed E-state index contributed by atoms with van der Waals surface area (Å²) in [5, 5.41) is 8.99. The molecule has 0 saturated carbocycles. The van der Waals surface area contributed by atoms with Crippen LogP contribution >= 0.6 is 11.8 Å². The van der Waals surface area contributed by atoms with Crippen molar-refractivity contribution in [2.75, 3.05) is 7.11 Å². The van der Waals surface area contributed by atoms with Gasteiger partial charge in [-0.1, -0.05) is 72.4 Å². The summed E-state index contributed by atoms with van der Waals surface area (Å²) in [5.74, 6) is 1.56. The Labute approximate surface area is 179 Å². The van der Waals surface area contributed by atoms with Crippen LogP contribution < -0.4 is 4.74 Å². The third-order valence-electron chi connectivity index (χ3n) is 4.81. The van der Waals surface area contributed by atoms with Crippen molar-refractivity contribution in [3.8, 4) is 17.1 Å². The number of ketones is 1. The number of benzene rings is 3. The number of aromatic nitrogens is 3. The van der Waals surface area contributed by atoms with Gasteiger partial charge in [0.2, 0.25) is 0 Å². The van der Waals surface area contributed by atoms with Crippen molar-refractivity contribution in [3.63, 3.8) is 0 Å². The van der Waals surface area contributed by atoms with Gasteiger partial charge in [-0.2, -0.15) is 0 Å². The monoisotopic (exact) mass is 415 g/mol. The summed E-state index contributed by atoms with van der Waals surface area (Å²) in [6, 6.07) is 26.8. The maximum absolute atomic E-state index is 13.3. The first kappa shape index (κ1) is 19.9. The molecule has 6 heteroatoms. The summed E-state index contributed by atoms with van der Waals surface area (Å²) in [6.45, 7) is 0. The predicted molar refractivity (Wildman–Crippen MR) is 119 cm³/mol. The topological polar surface area (TPSA) is 57.0 Å².